The molecule has 2 amide bonds. The zero-order valence-electron chi connectivity index (χ0n) is 18.1. The molecule has 11 nitrogen and oxygen atoms in total. The van der Waals surface area contributed by atoms with Crippen LogP contribution in [0, 0.1) is 0 Å². The summed E-state index contributed by atoms with van der Waals surface area (Å²) in [6.45, 7) is 0.0705. The summed E-state index contributed by atoms with van der Waals surface area (Å²) in [4.78, 5) is 39.4. The molecule has 0 saturated heterocycles. The van der Waals surface area contributed by atoms with Gasteiger partial charge in [0.05, 0.1) is 6.54 Å². The molecule has 5 rings (SSSR count). The van der Waals surface area contributed by atoms with Crippen molar-refractivity contribution in [2.75, 3.05) is 11.9 Å². The van der Waals surface area contributed by atoms with E-state index in [0.717, 1.165) is 22.3 Å². The van der Waals surface area contributed by atoms with Crippen molar-refractivity contribution in [3.05, 3.63) is 89.1 Å². The first-order valence-corrected chi connectivity index (χ1v) is 10.6. The summed E-state index contributed by atoms with van der Waals surface area (Å²) in [5, 5.41) is 20.0. The van der Waals surface area contributed by atoms with E-state index >= 15 is 0 Å². The number of H-pyrrole nitrogens is 1. The number of hydrogen-bond acceptors (Lipinski definition) is 7. The van der Waals surface area contributed by atoms with Gasteiger partial charge in [-0.25, -0.2) is 9.59 Å². The highest BCUT2D eigenvalue weighted by Crippen LogP contribution is 2.44. The Morgan fingerprint density at radius 1 is 1.00 bits per heavy atom. The number of nitrogens with zero attached hydrogens (tertiary/aromatic N) is 2. The Bertz CT molecular complexity index is 1380. The summed E-state index contributed by atoms with van der Waals surface area (Å²) in [6.07, 6.45) is -0.755. The van der Waals surface area contributed by atoms with Crippen molar-refractivity contribution in [1.29, 1.82) is 0 Å². The number of fused-ring (bicyclic) bond motifs is 3. The third kappa shape index (κ3) is 4.47. The third-order valence-electron chi connectivity index (χ3n) is 5.55. The minimum atomic E-state index is -1.21. The number of aromatic carboxylic acids is 1. The molecule has 2 heterocycles. The van der Waals surface area contributed by atoms with Gasteiger partial charge in [0.1, 0.15) is 12.4 Å². The first kappa shape index (κ1) is 21.9. The number of nitrogens with one attached hydrogen (secondary N) is 3. The maximum Gasteiger partial charge on any atom is 0.414 e. The third-order valence-corrected chi connectivity index (χ3v) is 5.55. The van der Waals surface area contributed by atoms with Gasteiger partial charge in [0.15, 0.2) is 0 Å². The van der Waals surface area contributed by atoms with E-state index in [2.05, 4.69) is 25.8 Å². The number of rotatable bonds is 7. The van der Waals surface area contributed by atoms with Crippen molar-refractivity contribution in [2.24, 2.45) is 0 Å². The topological polar surface area (TPSA) is 159 Å². The predicted molar refractivity (Wildman–Crippen MR) is 122 cm³/mol. The van der Waals surface area contributed by atoms with Crippen molar-refractivity contribution in [3.63, 3.8) is 0 Å². The Kier molecular flexibility index (Phi) is 5.71. The number of amides is 2. The van der Waals surface area contributed by atoms with Crippen molar-refractivity contribution in [3.8, 4) is 11.1 Å². The SMILES string of the molecule is O=C(Nc1n[nH]c(C(=O)NCc2ccc(C(=O)O)o2)n1)OCC1c2ccccc2-c2ccccc21. The molecule has 0 radical (unpaired) electrons. The normalized spacial score (nSPS) is 12.0. The summed E-state index contributed by atoms with van der Waals surface area (Å²) in [5.41, 5.74) is 4.42. The fourth-order valence-electron chi connectivity index (χ4n) is 3.98. The lowest BCUT2D eigenvalue weighted by Gasteiger charge is -2.13. The molecule has 11 heteroatoms. The van der Waals surface area contributed by atoms with Crippen LogP contribution in [-0.2, 0) is 11.3 Å². The van der Waals surface area contributed by atoms with Crippen LogP contribution in [0.15, 0.2) is 65.1 Å². The molecule has 0 aliphatic heterocycles. The number of anilines is 1. The minimum absolute atomic E-state index is 0.0536. The van der Waals surface area contributed by atoms with Crippen LogP contribution < -0.4 is 10.6 Å². The Morgan fingerprint density at radius 3 is 2.34 bits per heavy atom. The Hall–Kier alpha value is -4.93. The highest BCUT2D eigenvalue weighted by atomic mass is 16.5. The lowest BCUT2D eigenvalue weighted by molar-refractivity contribution is 0.0660. The van der Waals surface area contributed by atoms with Gasteiger partial charge < -0.3 is 19.6 Å². The lowest BCUT2D eigenvalue weighted by atomic mass is 9.98. The lowest BCUT2D eigenvalue weighted by Crippen LogP contribution is -2.24. The highest BCUT2D eigenvalue weighted by molar-refractivity contribution is 5.91. The molecular formula is C24H19N5O6. The molecule has 35 heavy (non-hydrogen) atoms. The van der Waals surface area contributed by atoms with E-state index in [1.54, 1.807) is 0 Å². The average Bonchev–Trinajstić information content (AvgIpc) is 3.59. The standard InChI is InChI=1S/C24H19N5O6/c30-21(25-11-13-9-10-19(35-13)22(31)32)20-26-23(29-28-20)27-24(33)34-12-18-16-7-3-1-5-14(16)15-6-2-4-8-17(15)18/h1-10,18H,11-12H2,(H,25,30)(H,31,32)(H2,26,27,28,29,33). The van der Waals surface area contributed by atoms with Gasteiger partial charge in [-0.3, -0.25) is 15.2 Å². The molecule has 2 aromatic heterocycles. The van der Waals surface area contributed by atoms with E-state index in [1.807, 2.05) is 48.5 Å². The molecule has 0 spiro atoms. The van der Waals surface area contributed by atoms with Crippen molar-refractivity contribution in [2.45, 2.75) is 12.5 Å². The maximum atomic E-state index is 12.4. The smallest absolute Gasteiger partial charge is 0.414 e. The number of aromatic amines is 1. The fraction of sp³-hybridized carbons (Fsp3) is 0.125. The van der Waals surface area contributed by atoms with Gasteiger partial charge in [-0.15, -0.1) is 5.10 Å². The van der Waals surface area contributed by atoms with E-state index in [1.165, 1.54) is 12.1 Å². The van der Waals surface area contributed by atoms with E-state index in [4.69, 9.17) is 14.3 Å². The quantitative estimate of drug-likeness (QED) is 0.318. The number of carboxylic acid groups (broad SMARTS) is 1. The van der Waals surface area contributed by atoms with Crippen LogP contribution in [0.2, 0.25) is 0 Å². The second-order valence-electron chi connectivity index (χ2n) is 7.71. The number of furan rings is 1. The van der Waals surface area contributed by atoms with E-state index in [0.29, 0.717) is 0 Å². The van der Waals surface area contributed by atoms with Gasteiger partial charge in [0.25, 0.3) is 11.9 Å². The Balaban J connectivity index is 1.16. The summed E-state index contributed by atoms with van der Waals surface area (Å²) < 4.78 is 10.5. The summed E-state index contributed by atoms with van der Waals surface area (Å²) >= 11 is 0. The maximum absolute atomic E-state index is 12.4. The van der Waals surface area contributed by atoms with Crippen LogP contribution in [-0.4, -0.2) is 44.9 Å². The molecule has 4 aromatic rings. The molecule has 0 fully saturated rings. The molecule has 4 N–H and O–H groups in total. The van der Waals surface area contributed by atoms with Crippen LogP contribution in [0.25, 0.3) is 11.1 Å². The molecule has 1 aliphatic rings. The number of carbonyl (C=O) groups is 3. The molecule has 1 aliphatic carbocycles. The Labute approximate surface area is 198 Å². The first-order valence-electron chi connectivity index (χ1n) is 10.6. The second kappa shape index (κ2) is 9.14. The van der Waals surface area contributed by atoms with Gasteiger partial charge in [0, 0.05) is 5.92 Å². The van der Waals surface area contributed by atoms with Crippen LogP contribution in [0.1, 0.15) is 44.0 Å². The summed E-state index contributed by atoms with van der Waals surface area (Å²) in [7, 11) is 0. The van der Waals surface area contributed by atoms with Gasteiger partial charge in [-0.1, -0.05) is 48.5 Å². The summed E-state index contributed by atoms with van der Waals surface area (Å²) in [5.74, 6) is -2.17. The van der Waals surface area contributed by atoms with Crippen LogP contribution in [0.4, 0.5) is 10.7 Å². The van der Waals surface area contributed by atoms with Crippen LogP contribution >= 0.6 is 0 Å². The van der Waals surface area contributed by atoms with Crippen molar-refractivity contribution < 1.29 is 28.6 Å². The highest BCUT2D eigenvalue weighted by Gasteiger charge is 2.29. The van der Waals surface area contributed by atoms with Gasteiger partial charge in [0.2, 0.25) is 11.6 Å². The number of carbonyl (C=O) groups excluding carboxylic acids is 2. The first-order chi connectivity index (χ1) is 17.0. The number of carboxylic acids is 1. The summed E-state index contributed by atoms with van der Waals surface area (Å²) in [6, 6.07) is 18.7. The van der Waals surface area contributed by atoms with Crippen LogP contribution in [0.3, 0.4) is 0 Å². The number of benzene rings is 2. The van der Waals surface area contributed by atoms with Gasteiger partial charge >= 0.3 is 12.1 Å². The number of hydrogen-bond donors (Lipinski definition) is 4. The number of aromatic nitrogens is 3. The molecule has 0 bridgehead atoms. The van der Waals surface area contributed by atoms with E-state index in [-0.39, 0.29) is 42.4 Å². The number of ether oxygens (including phenoxy) is 1. The monoisotopic (exact) mass is 473 g/mol. The average molecular weight is 473 g/mol. The zero-order chi connectivity index (χ0) is 24.4. The van der Waals surface area contributed by atoms with E-state index < -0.39 is 18.0 Å². The molecule has 2 aromatic carbocycles. The van der Waals surface area contributed by atoms with E-state index in [9.17, 15) is 14.4 Å². The molecule has 0 unspecified atom stereocenters. The molecule has 176 valence electrons. The van der Waals surface area contributed by atoms with Crippen molar-refractivity contribution >= 4 is 23.9 Å². The molecular weight excluding hydrogens is 454 g/mol. The Morgan fingerprint density at radius 2 is 1.69 bits per heavy atom. The second-order valence-corrected chi connectivity index (χ2v) is 7.71. The molecule has 0 saturated carbocycles. The fourth-order valence-corrected chi connectivity index (χ4v) is 3.98. The van der Waals surface area contributed by atoms with Crippen LogP contribution in [0.5, 0.6) is 0 Å². The zero-order valence-corrected chi connectivity index (χ0v) is 18.1. The molecule has 0 atom stereocenters. The van der Waals surface area contributed by atoms with Gasteiger partial charge in [-0.2, -0.15) is 4.98 Å². The largest absolute Gasteiger partial charge is 0.475 e. The van der Waals surface area contributed by atoms with Crippen molar-refractivity contribution in [1.82, 2.24) is 20.5 Å². The minimum Gasteiger partial charge on any atom is -0.475 e. The predicted octanol–water partition coefficient (Wildman–Crippen LogP) is 3.39. The van der Waals surface area contributed by atoms with Gasteiger partial charge in [-0.05, 0) is 34.4 Å².